The number of rotatable bonds is 2. The average Bonchev–Trinajstić information content (AvgIpc) is 1.86. The van der Waals surface area contributed by atoms with Crippen LogP contribution in [-0.4, -0.2) is 17.6 Å². The molecule has 62 valence electrons. The Morgan fingerprint density at radius 3 is 3.09 bits per heavy atom. The van der Waals surface area contributed by atoms with Gasteiger partial charge in [-0.25, -0.2) is 0 Å². The van der Waals surface area contributed by atoms with Crippen molar-refractivity contribution >= 4 is 5.91 Å². The maximum Gasteiger partial charge on any atom is 0.224 e. The zero-order chi connectivity index (χ0) is 8.32. The average molecular weight is 155 g/mol. The molecule has 0 radical (unpaired) electrons. The first-order chi connectivity index (χ1) is 5.16. The molecule has 1 aliphatic rings. The van der Waals surface area contributed by atoms with Crippen LogP contribution in [0.25, 0.3) is 0 Å². The van der Waals surface area contributed by atoms with Gasteiger partial charge in [0, 0.05) is 19.2 Å². The second kappa shape index (κ2) is 3.05. The fourth-order valence-electron chi connectivity index (χ4n) is 1.24. The number of aliphatic hydroxyl groups is 1. The highest BCUT2D eigenvalue weighted by atomic mass is 16.3. The molecule has 2 N–H and O–H groups in total. The van der Waals surface area contributed by atoms with Crippen molar-refractivity contribution in [1.82, 2.24) is 5.32 Å². The van der Waals surface area contributed by atoms with E-state index in [2.05, 4.69) is 5.32 Å². The third-order valence-corrected chi connectivity index (χ3v) is 1.98. The molecule has 0 aromatic carbocycles. The molecule has 1 aliphatic heterocycles. The van der Waals surface area contributed by atoms with Gasteiger partial charge in [0.25, 0.3) is 0 Å². The van der Waals surface area contributed by atoms with Crippen LogP contribution in [0.1, 0.15) is 19.8 Å². The van der Waals surface area contributed by atoms with E-state index in [-0.39, 0.29) is 17.9 Å². The first-order valence-corrected chi connectivity index (χ1v) is 3.74. The molecular weight excluding hydrogens is 142 g/mol. The number of allylic oxidation sites excluding steroid dienone is 1. The Bertz CT molecular complexity index is 189. The van der Waals surface area contributed by atoms with Crippen LogP contribution >= 0.6 is 0 Å². The lowest BCUT2D eigenvalue weighted by molar-refractivity contribution is -0.122. The Balaban J connectivity index is 2.62. The molecule has 0 spiro atoms. The largest absolute Gasteiger partial charge is 0.396 e. The Morgan fingerprint density at radius 1 is 1.82 bits per heavy atom. The molecule has 1 heterocycles. The normalized spacial score (nSPS) is 30.2. The Kier molecular flexibility index (Phi) is 2.29. The number of hydrogen-bond acceptors (Lipinski definition) is 2. The third-order valence-electron chi connectivity index (χ3n) is 1.98. The number of hydrogen-bond donors (Lipinski definition) is 2. The van der Waals surface area contributed by atoms with E-state index in [1.165, 1.54) is 0 Å². The molecule has 3 heteroatoms. The number of carbonyl (C=O) groups excluding carboxylic acids is 1. The van der Waals surface area contributed by atoms with Gasteiger partial charge in [-0.1, -0.05) is 13.0 Å². The summed E-state index contributed by atoms with van der Waals surface area (Å²) in [6.07, 6.45) is 4.72. The second-order valence-corrected chi connectivity index (χ2v) is 3.21. The van der Waals surface area contributed by atoms with Gasteiger partial charge in [0.15, 0.2) is 0 Å². The number of carbonyl (C=O) groups is 1. The molecule has 0 aromatic rings. The fraction of sp³-hybridized carbons (Fsp3) is 0.625. The number of amides is 1. The third kappa shape index (κ3) is 2.05. The summed E-state index contributed by atoms with van der Waals surface area (Å²) in [6.45, 7) is 2.10. The quantitative estimate of drug-likeness (QED) is 0.606. The van der Waals surface area contributed by atoms with Gasteiger partial charge in [-0.15, -0.1) is 0 Å². The highest BCUT2D eigenvalue weighted by molar-refractivity contribution is 5.79. The van der Waals surface area contributed by atoms with Gasteiger partial charge >= 0.3 is 0 Å². The summed E-state index contributed by atoms with van der Waals surface area (Å²) in [7, 11) is 0. The Morgan fingerprint density at radius 2 is 2.55 bits per heavy atom. The van der Waals surface area contributed by atoms with Gasteiger partial charge in [-0.3, -0.25) is 4.79 Å². The zero-order valence-corrected chi connectivity index (χ0v) is 6.63. The predicted octanol–water partition coefficient (Wildman–Crippen LogP) is 0.409. The lowest BCUT2D eigenvalue weighted by atomic mass is 9.82. The molecule has 0 aromatic heterocycles. The molecule has 0 fully saturated rings. The van der Waals surface area contributed by atoms with Gasteiger partial charge < -0.3 is 10.4 Å². The summed E-state index contributed by atoms with van der Waals surface area (Å²) >= 11 is 0. The standard InChI is InChI=1S/C8H13NO2/c1-8(3-5-10)2-4-9-7(11)6-8/h2,4,10H,3,5-6H2,1H3,(H,9,11). The minimum Gasteiger partial charge on any atom is -0.396 e. The van der Waals surface area contributed by atoms with E-state index in [0.717, 1.165) is 0 Å². The van der Waals surface area contributed by atoms with Crippen molar-refractivity contribution in [3.63, 3.8) is 0 Å². The van der Waals surface area contributed by atoms with E-state index in [0.29, 0.717) is 12.8 Å². The summed E-state index contributed by atoms with van der Waals surface area (Å²) in [6, 6.07) is 0. The van der Waals surface area contributed by atoms with E-state index < -0.39 is 0 Å². The Hall–Kier alpha value is -0.830. The monoisotopic (exact) mass is 155 g/mol. The van der Waals surface area contributed by atoms with Crippen LogP contribution in [0.4, 0.5) is 0 Å². The molecule has 0 aliphatic carbocycles. The van der Waals surface area contributed by atoms with Crippen molar-refractivity contribution in [2.24, 2.45) is 5.41 Å². The van der Waals surface area contributed by atoms with Gasteiger partial charge in [0.2, 0.25) is 5.91 Å². The molecule has 0 saturated carbocycles. The second-order valence-electron chi connectivity index (χ2n) is 3.21. The summed E-state index contributed by atoms with van der Waals surface area (Å²) in [4.78, 5) is 10.9. The minimum absolute atomic E-state index is 0.0310. The van der Waals surface area contributed by atoms with Crippen molar-refractivity contribution in [2.75, 3.05) is 6.61 Å². The van der Waals surface area contributed by atoms with E-state index in [4.69, 9.17) is 5.11 Å². The minimum atomic E-state index is -0.142. The maximum absolute atomic E-state index is 10.9. The molecule has 1 atom stereocenters. The molecule has 0 bridgehead atoms. The topological polar surface area (TPSA) is 49.3 Å². The highest BCUT2D eigenvalue weighted by Gasteiger charge is 2.26. The SMILES string of the molecule is CC1(CCO)C=CNC(=O)C1. The lowest BCUT2D eigenvalue weighted by Gasteiger charge is -2.27. The summed E-state index contributed by atoms with van der Waals surface area (Å²) in [5.41, 5.74) is -0.142. The molecule has 1 rings (SSSR count). The number of aliphatic hydroxyl groups excluding tert-OH is 1. The van der Waals surface area contributed by atoms with E-state index in [1.54, 1.807) is 6.20 Å². The van der Waals surface area contributed by atoms with E-state index in [1.807, 2.05) is 13.0 Å². The van der Waals surface area contributed by atoms with Crippen LogP contribution < -0.4 is 5.32 Å². The van der Waals surface area contributed by atoms with Crippen molar-refractivity contribution in [3.05, 3.63) is 12.3 Å². The van der Waals surface area contributed by atoms with Crippen LogP contribution in [0, 0.1) is 5.41 Å². The smallest absolute Gasteiger partial charge is 0.224 e. The molecule has 3 nitrogen and oxygen atoms in total. The van der Waals surface area contributed by atoms with E-state index >= 15 is 0 Å². The fourth-order valence-corrected chi connectivity index (χ4v) is 1.24. The summed E-state index contributed by atoms with van der Waals surface area (Å²) in [5, 5.41) is 11.3. The Labute approximate surface area is 66.1 Å². The van der Waals surface area contributed by atoms with Crippen LogP contribution in [0.2, 0.25) is 0 Å². The summed E-state index contributed by atoms with van der Waals surface area (Å²) < 4.78 is 0. The van der Waals surface area contributed by atoms with Gasteiger partial charge in [-0.05, 0) is 11.8 Å². The highest BCUT2D eigenvalue weighted by Crippen LogP contribution is 2.28. The van der Waals surface area contributed by atoms with E-state index in [9.17, 15) is 4.79 Å². The van der Waals surface area contributed by atoms with Crippen LogP contribution in [0.3, 0.4) is 0 Å². The predicted molar refractivity (Wildman–Crippen MR) is 41.7 cm³/mol. The van der Waals surface area contributed by atoms with Crippen molar-refractivity contribution in [3.8, 4) is 0 Å². The van der Waals surface area contributed by atoms with Crippen LogP contribution in [0.5, 0.6) is 0 Å². The van der Waals surface area contributed by atoms with Gasteiger partial charge in [0.1, 0.15) is 0 Å². The summed E-state index contributed by atoms with van der Waals surface area (Å²) in [5.74, 6) is 0.0310. The zero-order valence-electron chi connectivity index (χ0n) is 6.63. The van der Waals surface area contributed by atoms with Crippen molar-refractivity contribution < 1.29 is 9.90 Å². The number of nitrogens with one attached hydrogen (secondary N) is 1. The molecular formula is C8H13NO2. The molecule has 11 heavy (non-hydrogen) atoms. The van der Waals surface area contributed by atoms with Crippen molar-refractivity contribution in [2.45, 2.75) is 19.8 Å². The first kappa shape index (κ1) is 8.27. The first-order valence-electron chi connectivity index (χ1n) is 3.74. The van der Waals surface area contributed by atoms with Crippen LogP contribution in [-0.2, 0) is 4.79 Å². The van der Waals surface area contributed by atoms with Crippen LogP contribution in [0.15, 0.2) is 12.3 Å². The maximum atomic E-state index is 10.9. The van der Waals surface area contributed by atoms with Gasteiger partial charge in [-0.2, -0.15) is 0 Å². The molecule has 1 amide bonds. The lowest BCUT2D eigenvalue weighted by Crippen LogP contribution is -2.31. The van der Waals surface area contributed by atoms with Crippen molar-refractivity contribution in [1.29, 1.82) is 0 Å². The van der Waals surface area contributed by atoms with Gasteiger partial charge in [0.05, 0.1) is 0 Å². The molecule has 0 saturated heterocycles. The molecule has 1 unspecified atom stereocenters.